The predicted molar refractivity (Wildman–Crippen MR) is 98.0 cm³/mol. The summed E-state index contributed by atoms with van der Waals surface area (Å²) in [5.74, 6) is 1.17. The number of ether oxygens (including phenoxy) is 1. The molecule has 3 rings (SSSR count). The van der Waals surface area contributed by atoms with Crippen molar-refractivity contribution < 1.29 is 4.74 Å². The minimum atomic E-state index is 0.134. The zero-order valence-corrected chi connectivity index (χ0v) is 15.1. The Balaban J connectivity index is 1.83. The Morgan fingerprint density at radius 1 is 1.17 bits per heavy atom. The average molecular weight is 368 g/mol. The molecule has 1 saturated heterocycles. The molecule has 0 amide bonds. The summed E-state index contributed by atoms with van der Waals surface area (Å²) in [7, 11) is 3.78. The van der Waals surface area contributed by atoms with E-state index in [0.29, 0.717) is 10.8 Å². The molecule has 128 valence electrons. The van der Waals surface area contributed by atoms with Gasteiger partial charge in [0.05, 0.1) is 19.0 Å². The molecule has 1 aromatic heterocycles. The summed E-state index contributed by atoms with van der Waals surface area (Å²) in [4.78, 5) is 12.6. The first-order valence-corrected chi connectivity index (χ1v) is 8.39. The Morgan fingerprint density at radius 2 is 1.92 bits per heavy atom. The van der Waals surface area contributed by atoms with Crippen LogP contribution in [0.2, 0.25) is 10.3 Å². The summed E-state index contributed by atoms with van der Waals surface area (Å²) in [5.41, 5.74) is 1.91. The number of aromatic nitrogens is 2. The molecule has 6 nitrogen and oxygen atoms in total. The normalized spacial score (nSPS) is 15.4. The lowest BCUT2D eigenvalue weighted by Crippen LogP contribution is -2.44. The third-order valence-electron chi connectivity index (χ3n) is 4.02. The number of hydrogen-bond acceptors (Lipinski definition) is 6. The maximum absolute atomic E-state index is 6.11. The van der Waals surface area contributed by atoms with Crippen molar-refractivity contribution in [3.8, 4) is 5.75 Å². The molecule has 0 spiro atoms. The number of likely N-dealkylation sites (N-methyl/N-ethyl adjacent to an activating group) is 1. The summed E-state index contributed by atoms with van der Waals surface area (Å²) >= 11 is 11.9. The molecule has 2 heterocycles. The van der Waals surface area contributed by atoms with Gasteiger partial charge in [-0.05, 0) is 30.8 Å². The van der Waals surface area contributed by atoms with E-state index in [-0.39, 0.29) is 5.28 Å². The van der Waals surface area contributed by atoms with Crippen molar-refractivity contribution in [2.75, 3.05) is 50.6 Å². The van der Waals surface area contributed by atoms with Crippen molar-refractivity contribution >= 4 is 40.4 Å². The zero-order valence-electron chi connectivity index (χ0n) is 13.6. The second kappa shape index (κ2) is 7.42. The van der Waals surface area contributed by atoms with Gasteiger partial charge in [-0.1, -0.05) is 11.6 Å². The highest BCUT2D eigenvalue weighted by Crippen LogP contribution is 2.33. The second-order valence-corrected chi connectivity index (χ2v) is 6.38. The lowest BCUT2D eigenvalue weighted by Gasteiger charge is -2.34. The van der Waals surface area contributed by atoms with Gasteiger partial charge in [-0.3, -0.25) is 0 Å². The summed E-state index contributed by atoms with van der Waals surface area (Å²) in [6, 6.07) is 6.04. The number of nitrogens with zero attached hydrogens (tertiary/aromatic N) is 4. The Hall–Kier alpha value is -1.76. The van der Waals surface area contributed by atoms with E-state index in [1.165, 1.54) is 6.20 Å². The van der Waals surface area contributed by atoms with Gasteiger partial charge < -0.3 is 19.9 Å². The molecule has 0 aliphatic carbocycles. The van der Waals surface area contributed by atoms with E-state index in [4.69, 9.17) is 27.9 Å². The molecule has 2 aromatic rings. The minimum absolute atomic E-state index is 0.134. The first kappa shape index (κ1) is 17.1. The Morgan fingerprint density at radius 3 is 2.62 bits per heavy atom. The summed E-state index contributed by atoms with van der Waals surface area (Å²) in [6.45, 7) is 4.11. The van der Waals surface area contributed by atoms with E-state index >= 15 is 0 Å². The van der Waals surface area contributed by atoms with Crippen LogP contribution < -0.4 is 15.0 Å². The molecule has 1 fully saturated rings. The number of benzene rings is 1. The third kappa shape index (κ3) is 3.83. The van der Waals surface area contributed by atoms with Crippen molar-refractivity contribution in [1.82, 2.24) is 14.9 Å². The molecule has 0 saturated carbocycles. The fourth-order valence-corrected chi connectivity index (χ4v) is 2.88. The maximum atomic E-state index is 6.11. The standard InChI is InChI=1S/C16H19Cl2N5O/c1-22-5-7-23(8-6-22)11-3-4-13(14(9-11)24-2)20-15-12(17)10-19-16(18)21-15/h3-4,9-10H,5-8H2,1-2H3,(H,19,20,21). The molecule has 24 heavy (non-hydrogen) atoms. The van der Waals surface area contributed by atoms with Crippen LogP contribution in [0.25, 0.3) is 0 Å². The van der Waals surface area contributed by atoms with E-state index in [1.54, 1.807) is 7.11 Å². The number of halogens is 2. The van der Waals surface area contributed by atoms with Crippen molar-refractivity contribution in [3.63, 3.8) is 0 Å². The SMILES string of the molecule is COc1cc(N2CCN(C)CC2)ccc1Nc1nc(Cl)ncc1Cl. The number of piperazine rings is 1. The van der Waals surface area contributed by atoms with Crippen LogP contribution in [0.15, 0.2) is 24.4 Å². The van der Waals surface area contributed by atoms with E-state index in [9.17, 15) is 0 Å². The van der Waals surface area contributed by atoms with Gasteiger partial charge in [0.25, 0.3) is 0 Å². The Kier molecular flexibility index (Phi) is 5.28. The molecule has 0 atom stereocenters. The van der Waals surface area contributed by atoms with Gasteiger partial charge in [0.2, 0.25) is 5.28 Å². The molecule has 0 unspecified atom stereocenters. The van der Waals surface area contributed by atoms with E-state index in [1.807, 2.05) is 12.1 Å². The third-order valence-corrected chi connectivity index (χ3v) is 4.48. The van der Waals surface area contributed by atoms with Crippen molar-refractivity contribution in [1.29, 1.82) is 0 Å². The fraction of sp³-hybridized carbons (Fsp3) is 0.375. The van der Waals surface area contributed by atoms with Gasteiger partial charge in [0, 0.05) is 37.9 Å². The quantitative estimate of drug-likeness (QED) is 0.836. The van der Waals surface area contributed by atoms with Crippen LogP contribution in [0.3, 0.4) is 0 Å². The van der Waals surface area contributed by atoms with Gasteiger partial charge in [-0.15, -0.1) is 0 Å². The van der Waals surface area contributed by atoms with Crippen LogP contribution in [0.5, 0.6) is 5.75 Å². The van der Waals surface area contributed by atoms with Gasteiger partial charge in [0.15, 0.2) is 5.82 Å². The molecular formula is C16H19Cl2N5O. The summed E-state index contributed by atoms with van der Waals surface area (Å²) < 4.78 is 5.52. The number of anilines is 3. The lowest BCUT2D eigenvalue weighted by atomic mass is 10.2. The smallest absolute Gasteiger partial charge is 0.224 e. The zero-order chi connectivity index (χ0) is 17.1. The van der Waals surface area contributed by atoms with Crippen molar-refractivity contribution in [2.24, 2.45) is 0 Å². The first-order chi connectivity index (χ1) is 11.6. The predicted octanol–water partition coefficient (Wildman–Crippen LogP) is 3.29. The number of rotatable bonds is 4. The highest BCUT2D eigenvalue weighted by molar-refractivity contribution is 6.33. The van der Waals surface area contributed by atoms with E-state index in [2.05, 4.69) is 38.2 Å². The second-order valence-electron chi connectivity index (χ2n) is 5.64. The molecular weight excluding hydrogens is 349 g/mol. The highest BCUT2D eigenvalue weighted by Gasteiger charge is 2.16. The molecule has 8 heteroatoms. The topological polar surface area (TPSA) is 53.5 Å². The Bertz CT molecular complexity index is 720. The molecule has 1 aliphatic heterocycles. The van der Waals surface area contributed by atoms with Crippen LogP contribution in [-0.4, -0.2) is 55.2 Å². The average Bonchev–Trinajstić information content (AvgIpc) is 2.59. The molecule has 1 N–H and O–H groups in total. The van der Waals surface area contributed by atoms with Gasteiger partial charge in [-0.2, -0.15) is 4.98 Å². The van der Waals surface area contributed by atoms with Crippen LogP contribution in [0.4, 0.5) is 17.2 Å². The maximum Gasteiger partial charge on any atom is 0.224 e. The molecule has 1 aromatic carbocycles. The number of methoxy groups -OCH3 is 1. The largest absolute Gasteiger partial charge is 0.494 e. The van der Waals surface area contributed by atoms with Crippen molar-refractivity contribution in [2.45, 2.75) is 0 Å². The van der Waals surface area contributed by atoms with Gasteiger partial charge >= 0.3 is 0 Å². The van der Waals surface area contributed by atoms with E-state index in [0.717, 1.165) is 43.3 Å². The molecule has 0 bridgehead atoms. The van der Waals surface area contributed by atoms with Crippen LogP contribution in [-0.2, 0) is 0 Å². The van der Waals surface area contributed by atoms with Crippen LogP contribution in [0, 0.1) is 0 Å². The fourth-order valence-electron chi connectivity index (χ4n) is 2.61. The highest BCUT2D eigenvalue weighted by atomic mass is 35.5. The van der Waals surface area contributed by atoms with Crippen LogP contribution >= 0.6 is 23.2 Å². The number of nitrogens with one attached hydrogen (secondary N) is 1. The van der Waals surface area contributed by atoms with E-state index < -0.39 is 0 Å². The Labute approximate surface area is 151 Å². The van der Waals surface area contributed by atoms with Crippen LogP contribution in [0.1, 0.15) is 0 Å². The first-order valence-electron chi connectivity index (χ1n) is 7.63. The lowest BCUT2D eigenvalue weighted by molar-refractivity contribution is 0.312. The minimum Gasteiger partial charge on any atom is -0.494 e. The summed E-state index contributed by atoms with van der Waals surface area (Å²) in [5, 5.41) is 3.68. The van der Waals surface area contributed by atoms with Crippen molar-refractivity contribution in [3.05, 3.63) is 34.7 Å². The monoisotopic (exact) mass is 367 g/mol. The molecule has 1 aliphatic rings. The number of hydrogen-bond donors (Lipinski definition) is 1. The van der Waals surface area contributed by atoms with Gasteiger partial charge in [-0.25, -0.2) is 4.98 Å². The summed E-state index contributed by atoms with van der Waals surface area (Å²) in [6.07, 6.45) is 1.46. The van der Waals surface area contributed by atoms with Gasteiger partial charge in [0.1, 0.15) is 10.8 Å². The molecule has 0 radical (unpaired) electrons.